The first-order chi connectivity index (χ1) is 9.31. The molecule has 19 heavy (non-hydrogen) atoms. The van der Waals surface area contributed by atoms with Crippen LogP contribution in [0.2, 0.25) is 5.28 Å². The fraction of sp³-hybridized carbons (Fsp3) is 0.583. The van der Waals surface area contributed by atoms with E-state index in [9.17, 15) is 0 Å². The van der Waals surface area contributed by atoms with Crippen molar-refractivity contribution in [3.05, 3.63) is 11.6 Å². The zero-order valence-electron chi connectivity index (χ0n) is 10.5. The van der Waals surface area contributed by atoms with Crippen molar-refractivity contribution in [2.45, 2.75) is 18.9 Å². The standard InChI is InChI=1S/C12H15ClN6/c13-12-16-10-9(14-7-15-10)11(17-12)19-5-3-18(4-6-19)8-1-2-8/h7-8H,1-6H2,(H,14,15,16,17). The maximum absolute atomic E-state index is 5.98. The Morgan fingerprint density at radius 3 is 2.68 bits per heavy atom. The van der Waals surface area contributed by atoms with Gasteiger partial charge in [-0.2, -0.15) is 9.97 Å². The Balaban J connectivity index is 1.61. The molecule has 0 bridgehead atoms. The number of rotatable bonds is 2. The topological polar surface area (TPSA) is 60.9 Å². The Morgan fingerprint density at radius 1 is 1.16 bits per heavy atom. The van der Waals surface area contributed by atoms with Crippen molar-refractivity contribution in [2.75, 3.05) is 31.1 Å². The third-order valence-electron chi connectivity index (χ3n) is 3.92. The van der Waals surface area contributed by atoms with Gasteiger partial charge in [0.15, 0.2) is 11.5 Å². The molecular weight excluding hydrogens is 264 g/mol. The van der Waals surface area contributed by atoms with E-state index in [1.165, 1.54) is 12.8 Å². The van der Waals surface area contributed by atoms with E-state index in [1.54, 1.807) is 6.33 Å². The average molecular weight is 279 g/mol. The maximum Gasteiger partial charge on any atom is 0.226 e. The van der Waals surface area contributed by atoms with E-state index in [2.05, 4.69) is 29.7 Å². The zero-order valence-corrected chi connectivity index (χ0v) is 11.3. The van der Waals surface area contributed by atoms with Gasteiger partial charge in [-0.1, -0.05) is 0 Å². The Morgan fingerprint density at radius 2 is 1.95 bits per heavy atom. The first-order valence-corrected chi connectivity index (χ1v) is 7.05. The number of imidazole rings is 1. The summed E-state index contributed by atoms with van der Waals surface area (Å²) in [6.07, 6.45) is 4.37. The van der Waals surface area contributed by atoms with Gasteiger partial charge in [-0.05, 0) is 24.4 Å². The molecule has 3 heterocycles. The number of fused-ring (bicyclic) bond motifs is 1. The van der Waals surface area contributed by atoms with E-state index in [-0.39, 0.29) is 5.28 Å². The van der Waals surface area contributed by atoms with Crippen LogP contribution >= 0.6 is 11.6 Å². The molecule has 4 rings (SSSR count). The van der Waals surface area contributed by atoms with Gasteiger partial charge in [0, 0.05) is 32.2 Å². The maximum atomic E-state index is 5.98. The van der Waals surface area contributed by atoms with Crippen LogP contribution in [0.3, 0.4) is 0 Å². The molecule has 1 saturated carbocycles. The fourth-order valence-electron chi connectivity index (χ4n) is 2.76. The van der Waals surface area contributed by atoms with Gasteiger partial charge in [0.05, 0.1) is 6.33 Å². The molecule has 0 amide bonds. The normalized spacial score (nSPS) is 21.2. The van der Waals surface area contributed by atoms with E-state index in [0.717, 1.165) is 43.6 Å². The summed E-state index contributed by atoms with van der Waals surface area (Å²) in [6.45, 7) is 4.17. The summed E-state index contributed by atoms with van der Waals surface area (Å²) in [5, 5.41) is 0.263. The third kappa shape index (κ3) is 2.04. The number of hydrogen-bond acceptors (Lipinski definition) is 5. The second kappa shape index (κ2) is 4.31. The number of H-pyrrole nitrogens is 1. The van der Waals surface area contributed by atoms with Gasteiger partial charge < -0.3 is 9.88 Å². The van der Waals surface area contributed by atoms with Gasteiger partial charge in [-0.25, -0.2) is 4.98 Å². The van der Waals surface area contributed by atoms with Gasteiger partial charge in [-0.3, -0.25) is 4.90 Å². The zero-order chi connectivity index (χ0) is 12.8. The second-order valence-electron chi connectivity index (χ2n) is 5.17. The molecule has 0 atom stereocenters. The molecular formula is C12H15ClN6. The van der Waals surface area contributed by atoms with Gasteiger partial charge in [0.25, 0.3) is 0 Å². The minimum atomic E-state index is 0.263. The monoisotopic (exact) mass is 278 g/mol. The summed E-state index contributed by atoms with van der Waals surface area (Å²) in [7, 11) is 0. The number of anilines is 1. The lowest BCUT2D eigenvalue weighted by molar-refractivity contribution is 0.248. The predicted octanol–water partition coefficient (Wildman–Crippen LogP) is 1.29. The summed E-state index contributed by atoms with van der Waals surface area (Å²) in [5.41, 5.74) is 1.52. The summed E-state index contributed by atoms with van der Waals surface area (Å²) >= 11 is 5.98. The van der Waals surface area contributed by atoms with Crippen molar-refractivity contribution in [1.82, 2.24) is 24.8 Å². The van der Waals surface area contributed by atoms with Crippen molar-refractivity contribution in [3.8, 4) is 0 Å². The highest BCUT2D eigenvalue weighted by Crippen LogP contribution is 2.29. The Labute approximate surface area is 115 Å². The van der Waals surface area contributed by atoms with Crippen LogP contribution in [0.5, 0.6) is 0 Å². The smallest absolute Gasteiger partial charge is 0.226 e. The molecule has 1 N–H and O–H groups in total. The predicted molar refractivity (Wildman–Crippen MR) is 73.5 cm³/mol. The molecule has 2 aliphatic rings. The number of hydrogen-bond donors (Lipinski definition) is 1. The summed E-state index contributed by atoms with van der Waals surface area (Å²) in [5.74, 6) is 0.878. The van der Waals surface area contributed by atoms with Crippen molar-refractivity contribution < 1.29 is 0 Å². The Kier molecular flexibility index (Phi) is 2.60. The van der Waals surface area contributed by atoms with E-state index in [0.29, 0.717) is 5.65 Å². The number of aromatic amines is 1. The summed E-state index contributed by atoms with van der Waals surface area (Å²) in [6, 6.07) is 0.836. The van der Waals surface area contributed by atoms with Crippen LogP contribution in [-0.4, -0.2) is 57.1 Å². The number of halogens is 1. The highest BCUT2D eigenvalue weighted by atomic mass is 35.5. The number of nitrogens with zero attached hydrogens (tertiary/aromatic N) is 5. The van der Waals surface area contributed by atoms with E-state index in [4.69, 9.17) is 11.6 Å². The molecule has 6 nitrogen and oxygen atoms in total. The molecule has 0 unspecified atom stereocenters. The van der Waals surface area contributed by atoms with E-state index >= 15 is 0 Å². The van der Waals surface area contributed by atoms with Crippen LogP contribution in [0.25, 0.3) is 11.2 Å². The molecule has 2 aromatic heterocycles. The third-order valence-corrected chi connectivity index (χ3v) is 4.09. The molecule has 0 aromatic carbocycles. The number of piperazine rings is 1. The van der Waals surface area contributed by atoms with E-state index < -0.39 is 0 Å². The van der Waals surface area contributed by atoms with Crippen LogP contribution < -0.4 is 4.90 Å². The summed E-state index contributed by atoms with van der Waals surface area (Å²) in [4.78, 5) is 20.6. The lowest BCUT2D eigenvalue weighted by Crippen LogP contribution is -2.47. The SMILES string of the molecule is Clc1nc(N2CCN(C3CC3)CC2)c2[nH]cnc2n1. The second-order valence-corrected chi connectivity index (χ2v) is 5.51. The highest BCUT2D eigenvalue weighted by molar-refractivity contribution is 6.28. The minimum absolute atomic E-state index is 0.263. The molecule has 1 saturated heterocycles. The molecule has 0 spiro atoms. The molecule has 2 fully saturated rings. The van der Waals surface area contributed by atoms with Crippen LogP contribution in [0.15, 0.2) is 6.33 Å². The van der Waals surface area contributed by atoms with Gasteiger partial charge in [0.2, 0.25) is 5.28 Å². The largest absolute Gasteiger partial charge is 0.352 e. The van der Waals surface area contributed by atoms with Crippen molar-refractivity contribution in [2.24, 2.45) is 0 Å². The first kappa shape index (κ1) is 11.4. The van der Waals surface area contributed by atoms with Crippen molar-refractivity contribution in [1.29, 1.82) is 0 Å². The van der Waals surface area contributed by atoms with Gasteiger partial charge in [-0.15, -0.1) is 0 Å². The molecule has 1 aliphatic heterocycles. The summed E-state index contributed by atoms with van der Waals surface area (Å²) < 4.78 is 0. The lowest BCUT2D eigenvalue weighted by Gasteiger charge is -2.35. The van der Waals surface area contributed by atoms with Gasteiger partial charge in [0.1, 0.15) is 5.52 Å². The molecule has 7 heteroatoms. The minimum Gasteiger partial charge on any atom is -0.352 e. The molecule has 0 radical (unpaired) electrons. The van der Waals surface area contributed by atoms with Crippen LogP contribution in [0, 0.1) is 0 Å². The molecule has 2 aromatic rings. The van der Waals surface area contributed by atoms with Crippen molar-refractivity contribution in [3.63, 3.8) is 0 Å². The quantitative estimate of drug-likeness (QED) is 0.839. The molecule has 100 valence electrons. The highest BCUT2D eigenvalue weighted by Gasteiger charge is 2.32. The molecule has 1 aliphatic carbocycles. The average Bonchev–Trinajstić information content (AvgIpc) is 3.17. The Bertz CT molecular complexity index is 599. The van der Waals surface area contributed by atoms with Crippen molar-refractivity contribution >= 4 is 28.6 Å². The van der Waals surface area contributed by atoms with Crippen LogP contribution in [0.4, 0.5) is 5.82 Å². The van der Waals surface area contributed by atoms with Gasteiger partial charge >= 0.3 is 0 Å². The van der Waals surface area contributed by atoms with Crippen LogP contribution in [-0.2, 0) is 0 Å². The first-order valence-electron chi connectivity index (χ1n) is 6.67. The Hall–Kier alpha value is -1.40. The van der Waals surface area contributed by atoms with E-state index in [1.807, 2.05) is 0 Å². The van der Waals surface area contributed by atoms with Crippen LogP contribution in [0.1, 0.15) is 12.8 Å². The number of aromatic nitrogens is 4. The number of nitrogens with one attached hydrogen (secondary N) is 1. The lowest BCUT2D eigenvalue weighted by atomic mass is 10.3. The fourth-order valence-corrected chi connectivity index (χ4v) is 2.92.